The molecule has 3 aromatic rings. The van der Waals surface area contributed by atoms with E-state index in [9.17, 15) is 28.8 Å². The third kappa shape index (κ3) is 10.3. The Balaban J connectivity index is 1.06. The summed E-state index contributed by atoms with van der Waals surface area (Å²) in [5.74, 6) is -1.23. The number of carbonyl (C=O) groups is 6. The highest BCUT2D eigenvalue weighted by Crippen LogP contribution is 2.40. The summed E-state index contributed by atoms with van der Waals surface area (Å²) in [5, 5.41) is 18.3. The van der Waals surface area contributed by atoms with Crippen molar-refractivity contribution in [2.24, 2.45) is 0 Å². The molecule has 14 heteroatoms. The van der Waals surface area contributed by atoms with E-state index in [0.717, 1.165) is 84.7 Å². The Kier molecular flexibility index (Phi) is 16.0. The van der Waals surface area contributed by atoms with Crippen molar-refractivity contribution >= 4 is 35.4 Å². The summed E-state index contributed by atoms with van der Waals surface area (Å²) in [4.78, 5) is 84.1. The molecule has 0 aromatic heterocycles. The number of fused-ring (bicyclic) bond motifs is 2. The van der Waals surface area contributed by atoms with E-state index in [1.54, 1.807) is 37.7 Å². The number of hydrogen-bond donors (Lipinski definition) is 6. The zero-order chi connectivity index (χ0) is 47.1. The number of hydrogen-bond acceptors (Lipinski definition) is 8. The molecular weight excluding hydrogens is 833 g/mol. The molecule has 14 nitrogen and oxygen atoms in total. The Bertz CT molecular complexity index is 2130. The van der Waals surface area contributed by atoms with Crippen LogP contribution in [0.1, 0.15) is 126 Å². The summed E-state index contributed by atoms with van der Waals surface area (Å²) in [6.07, 6.45) is 8.67. The lowest BCUT2D eigenvalue weighted by Gasteiger charge is -2.32. The number of amides is 6. The number of rotatable bonds is 16. The fourth-order valence-corrected chi connectivity index (χ4v) is 10.5. The molecule has 6 amide bonds. The van der Waals surface area contributed by atoms with Crippen LogP contribution in [0.3, 0.4) is 0 Å². The van der Waals surface area contributed by atoms with Crippen LogP contribution >= 0.6 is 0 Å². The van der Waals surface area contributed by atoms with E-state index in [1.165, 1.54) is 11.1 Å². The van der Waals surface area contributed by atoms with Crippen LogP contribution in [0.2, 0.25) is 0 Å². The lowest BCUT2D eigenvalue weighted by atomic mass is 9.81. The molecule has 2 heterocycles. The summed E-state index contributed by atoms with van der Waals surface area (Å²) in [6.45, 7) is 8.19. The first-order valence-electron chi connectivity index (χ1n) is 24.4. The number of nitrogens with zero attached hydrogens (tertiary/aromatic N) is 2. The highest BCUT2D eigenvalue weighted by Gasteiger charge is 2.40. The van der Waals surface area contributed by atoms with Crippen LogP contribution in [0.4, 0.5) is 0 Å². The van der Waals surface area contributed by atoms with E-state index in [-0.39, 0.29) is 47.5 Å². The van der Waals surface area contributed by atoms with Gasteiger partial charge in [0.2, 0.25) is 35.4 Å². The van der Waals surface area contributed by atoms with Gasteiger partial charge in [-0.05, 0) is 156 Å². The molecule has 8 atom stereocenters. The van der Waals surface area contributed by atoms with E-state index in [2.05, 4.69) is 92.6 Å². The molecular formula is C52H70N8O6. The fourth-order valence-electron chi connectivity index (χ4n) is 10.5. The zero-order valence-corrected chi connectivity index (χ0v) is 39.6. The van der Waals surface area contributed by atoms with Gasteiger partial charge in [0.15, 0.2) is 0 Å². The first-order valence-corrected chi connectivity index (χ1v) is 24.4. The molecule has 7 rings (SSSR count). The number of likely N-dealkylation sites (tertiary alicyclic amines) is 2. The van der Waals surface area contributed by atoms with Crippen molar-refractivity contribution in [2.75, 3.05) is 27.2 Å². The fraction of sp³-hybridized carbons (Fsp3) is 0.538. The SMILES string of the molecule is CCC(NC(=O)C(C)NC)C(=O)N1CCC[C@H]1C(=O)N[C@@H]1CCCc2c(-c3cccc(-c4cccc5c4CCC[C@H]5NC(=O)[C@@H]4CCCN4C(=O)C(CC)NC(=O)C(C)NC)c3)cccc21. The average molecular weight is 903 g/mol. The van der Waals surface area contributed by atoms with Crippen LogP contribution in [-0.2, 0) is 41.6 Å². The van der Waals surface area contributed by atoms with Crippen molar-refractivity contribution in [3.8, 4) is 22.3 Å². The maximum absolute atomic E-state index is 14.0. The monoisotopic (exact) mass is 903 g/mol. The van der Waals surface area contributed by atoms with Crippen LogP contribution in [-0.4, -0.2) is 109 Å². The Labute approximate surface area is 390 Å². The highest BCUT2D eigenvalue weighted by atomic mass is 16.2. The molecule has 0 spiro atoms. The average Bonchev–Trinajstić information content (AvgIpc) is 4.05. The standard InChI is InChI=1S/C52H70N8O6/c1-7-41(55-47(61)31(3)53-5)51(65)59-28-14-26-45(59)49(63)57-43-24-12-20-37-35(18-10-22-39(37)43)33-16-9-17-34(30-33)36-19-11-23-40-38(36)21-13-25-44(40)58-50(64)46-27-15-29-60(46)52(66)42(8-2)56-48(62)32(4)54-6/h9-11,16-19,22-23,30-32,41-46,53-54H,7-8,12-15,20-21,24-29H2,1-6H3,(H,55,61)(H,56,62)(H,57,63)(H,58,64)/t31?,32?,41?,42?,43-,44-,45+,46+/m1/s1. The van der Waals surface area contributed by atoms with Gasteiger partial charge in [-0.25, -0.2) is 0 Å². The van der Waals surface area contributed by atoms with Crippen molar-refractivity contribution in [1.29, 1.82) is 0 Å². The van der Waals surface area contributed by atoms with Gasteiger partial charge in [0.25, 0.3) is 0 Å². The van der Waals surface area contributed by atoms with Gasteiger partial charge >= 0.3 is 0 Å². The first kappa shape index (κ1) is 48.3. The van der Waals surface area contributed by atoms with E-state index in [1.807, 2.05) is 13.8 Å². The zero-order valence-electron chi connectivity index (χ0n) is 39.6. The number of carbonyl (C=O) groups excluding carboxylic acids is 6. The number of nitrogens with one attached hydrogen (secondary N) is 6. The molecule has 354 valence electrons. The van der Waals surface area contributed by atoms with Crippen molar-refractivity contribution in [3.63, 3.8) is 0 Å². The smallest absolute Gasteiger partial charge is 0.245 e. The maximum Gasteiger partial charge on any atom is 0.245 e. The maximum atomic E-state index is 14.0. The van der Waals surface area contributed by atoms with Crippen molar-refractivity contribution in [2.45, 2.75) is 153 Å². The predicted octanol–water partition coefficient (Wildman–Crippen LogP) is 5.00. The molecule has 3 aromatic carbocycles. The third-order valence-corrected chi connectivity index (χ3v) is 14.5. The lowest BCUT2D eigenvalue weighted by molar-refractivity contribution is -0.141. The minimum Gasteiger partial charge on any atom is -0.347 e. The Morgan fingerprint density at radius 3 is 1.38 bits per heavy atom. The first-order chi connectivity index (χ1) is 31.9. The third-order valence-electron chi connectivity index (χ3n) is 14.5. The van der Waals surface area contributed by atoms with Crippen LogP contribution in [0.25, 0.3) is 22.3 Å². The minimum atomic E-state index is -0.694. The Morgan fingerprint density at radius 2 is 0.985 bits per heavy atom. The summed E-state index contributed by atoms with van der Waals surface area (Å²) in [7, 11) is 3.40. The Morgan fingerprint density at radius 1 is 0.576 bits per heavy atom. The van der Waals surface area contributed by atoms with E-state index in [4.69, 9.17) is 0 Å². The van der Waals surface area contributed by atoms with Gasteiger partial charge in [0.1, 0.15) is 24.2 Å². The summed E-state index contributed by atoms with van der Waals surface area (Å²) in [5.41, 5.74) is 9.09. The summed E-state index contributed by atoms with van der Waals surface area (Å²) < 4.78 is 0. The Hall–Kier alpha value is -5.60. The van der Waals surface area contributed by atoms with Gasteiger partial charge in [0.05, 0.1) is 24.2 Å². The largest absolute Gasteiger partial charge is 0.347 e. The molecule has 6 N–H and O–H groups in total. The van der Waals surface area contributed by atoms with Crippen molar-refractivity contribution in [3.05, 3.63) is 82.9 Å². The van der Waals surface area contributed by atoms with E-state index >= 15 is 0 Å². The second-order valence-electron chi connectivity index (χ2n) is 18.6. The van der Waals surface area contributed by atoms with Crippen LogP contribution in [0, 0.1) is 0 Å². The van der Waals surface area contributed by atoms with Gasteiger partial charge < -0.3 is 41.7 Å². The topological polar surface area (TPSA) is 181 Å². The molecule has 0 radical (unpaired) electrons. The minimum absolute atomic E-state index is 0.154. The molecule has 4 unspecified atom stereocenters. The molecule has 4 aliphatic rings. The van der Waals surface area contributed by atoms with E-state index < -0.39 is 36.3 Å². The molecule has 2 fully saturated rings. The van der Waals surface area contributed by atoms with Gasteiger partial charge in [-0.15, -0.1) is 0 Å². The lowest BCUT2D eigenvalue weighted by Crippen LogP contribution is -2.55. The quantitative estimate of drug-likeness (QED) is 0.116. The van der Waals surface area contributed by atoms with Crippen LogP contribution in [0.15, 0.2) is 60.7 Å². The molecule has 2 saturated heterocycles. The normalized spacial score (nSPS) is 22.0. The molecule has 66 heavy (non-hydrogen) atoms. The van der Waals surface area contributed by atoms with Crippen LogP contribution in [0.5, 0.6) is 0 Å². The predicted molar refractivity (Wildman–Crippen MR) is 256 cm³/mol. The van der Waals surface area contributed by atoms with Gasteiger partial charge in [-0.1, -0.05) is 68.4 Å². The van der Waals surface area contributed by atoms with Gasteiger partial charge in [-0.3, -0.25) is 28.8 Å². The van der Waals surface area contributed by atoms with Gasteiger partial charge in [-0.2, -0.15) is 0 Å². The van der Waals surface area contributed by atoms with Crippen molar-refractivity contribution < 1.29 is 28.8 Å². The summed E-state index contributed by atoms with van der Waals surface area (Å²) >= 11 is 0. The molecule has 0 saturated carbocycles. The second-order valence-corrected chi connectivity index (χ2v) is 18.6. The number of likely N-dealkylation sites (N-methyl/N-ethyl adjacent to an activating group) is 2. The molecule has 2 aliphatic heterocycles. The van der Waals surface area contributed by atoms with E-state index in [0.29, 0.717) is 38.8 Å². The second kappa shape index (κ2) is 21.8. The van der Waals surface area contributed by atoms with Gasteiger partial charge in [0, 0.05) is 13.1 Å². The van der Waals surface area contributed by atoms with Crippen molar-refractivity contribution in [1.82, 2.24) is 41.7 Å². The molecule has 0 bridgehead atoms. The van der Waals surface area contributed by atoms with Crippen LogP contribution < -0.4 is 31.9 Å². The number of benzene rings is 3. The highest BCUT2D eigenvalue weighted by molar-refractivity contribution is 5.95. The summed E-state index contributed by atoms with van der Waals surface area (Å²) in [6, 6.07) is 17.5. The molecule has 2 aliphatic carbocycles.